The molecule has 1 unspecified atom stereocenters. The minimum atomic E-state index is -0.321. The van der Waals surface area contributed by atoms with Crippen molar-refractivity contribution in [1.82, 2.24) is 24.5 Å². The maximum absolute atomic E-state index is 12.6. The Hall–Kier alpha value is -2.61. The second-order valence-electron chi connectivity index (χ2n) is 6.42. The maximum Gasteiger partial charge on any atom is 0.238 e. The Kier molecular flexibility index (Phi) is 5.95. The number of carbonyl (C=O) groups is 1. The normalized spacial score (nSPS) is 12.3. The molecule has 0 radical (unpaired) electrons. The summed E-state index contributed by atoms with van der Waals surface area (Å²) in [6.45, 7) is 8.69. The van der Waals surface area contributed by atoms with Gasteiger partial charge in [0.25, 0.3) is 0 Å². The zero-order valence-electron chi connectivity index (χ0n) is 16.0. The largest absolute Gasteiger partial charge is 0.310 e. The number of nitrogens with zero attached hydrogens (tertiary/aromatic N) is 5. The quantitative estimate of drug-likeness (QED) is 0.626. The van der Waals surface area contributed by atoms with Crippen LogP contribution in [0.1, 0.15) is 33.7 Å². The van der Waals surface area contributed by atoms with Gasteiger partial charge in [-0.1, -0.05) is 42.1 Å². The van der Waals surface area contributed by atoms with Gasteiger partial charge >= 0.3 is 0 Å². The lowest BCUT2D eigenvalue weighted by Gasteiger charge is -2.15. The molecular formula is C19H24N6OS. The van der Waals surface area contributed by atoms with Gasteiger partial charge in [0.1, 0.15) is 5.82 Å². The molecule has 0 aliphatic heterocycles. The molecule has 1 aromatic carbocycles. The van der Waals surface area contributed by atoms with Gasteiger partial charge in [-0.2, -0.15) is 5.10 Å². The van der Waals surface area contributed by atoms with Gasteiger partial charge in [0.05, 0.1) is 11.4 Å². The Labute approximate surface area is 163 Å². The topological polar surface area (TPSA) is 77.6 Å². The molecule has 0 spiro atoms. The number of carbonyl (C=O) groups excluding carboxylic acids is 1. The third-order valence-corrected chi connectivity index (χ3v) is 5.21. The van der Waals surface area contributed by atoms with Crippen LogP contribution in [0.15, 0.2) is 47.8 Å². The number of nitrogens with one attached hydrogen (secondary N) is 1. The molecule has 2 aromatic heterocycles. The number of benzene rings is 1. The van der Waals surface area contributed by atoms with E-state index < -0.39 is 0 Å². The van der Waals surface area contributed by atoms with Gasteiger partial charge in [-0.15, -0.1) is 10.2 Å². The highest BCUT2D eigenvalue weighted by molar-refractivity contribution is 8.00. The summed E-state index contributed by atoms with van der Waals surface area (Å²) in [5, 5.41) is 16.2. The SMILES string of the molecule is CCn1c(SC(C)C(=O)Nc2ccnn2C(C)C)nnc1-c1ccccc1. The van der Waals surface area contributed by atoms with Gasteiger partial charge in [0.2, 0.25) is 5.91 Å². The summed E-state index contributed by atoms with van der Waals surface area (Å²) >= 11 is 1.40. The van der Waals surface area contributed by atoms with Gasteiger partial charge in [-0.3, -0.25) is 4.79 Å². The van der Waals surface area contributed by atoms with Crippen molar-refractivity contribution < 1.29 is 4.79 Å². The molecule has 0 aliphatic carbocycles. The molecule has 2 heterocycles. The monoisotopic (exact) mass is 384 g/mol. The Morgan fingerprint density at radius 3 is 2.56 bits per heavy atom. The fourth-order valence-electron chi connectivity index (χ4n) is 2.73. The van der Waals surface area contributed by atoms with Crippen molar-refractivity contribution in [3.8, 4) is 11.4 Å². The van der Waals surface area contributed by atoms with E-state index in [2.05, 4.69) is 20.6 Å². The number of thioether (sulfide) groups is 1. The Morgan fingerprint density at radius 2 is 1.89 bits per heavy atom. The summed E-state index contributed by atoms with van der Waals surface area (Å²) in [7, 11) is 0. The van der Waals surface area contributed by atoms with Crippen LogP contribution in [0.3, 0.4) is 0 Å². The molecule has 3 rings (SSSR count). The predicted molar refractivity (Wildman–Crippen MR) is 108 cm³/mol. The zero-order valence-corrected chi connectivity index (χ0v) is 16.8. The van der Waals surface area contributed by atoms with Crippen LogP contribution < -0.4 is 5.32 Å². The molecule has 1 N–H and O–H groups in total. The first-order chi connectivity index (χ1) is 13.0. The van der Waals surface area contributed by atoms with Crippen LogP contribution in [0.5, 0.6) is 0 Å². The fourth-order valence-corrected chi connectivity index (χ4v) is 3.64. The summed E-state index contributed by atoms with van der Waals surface area (Å²) in [5.74, 6) is 1.42. The molecule has 1 amide bonds. The number of rotatable bonds is 7. The minimum absolute atomic E-state index is 0.0886. The van der Waals surface area contributed by atoms with E-state index in [9.17, 15) is 4.79 Å². The maximum atomic E-state index is 12.6. The smallest absolute Gasteiger partial charge is 0.238 e. The van der Waals surface area contributed by atoms with Crippen molar-refractivity contribution in [2.45, 2.75) is 50.7 Å². The van der Waals surface area contributed by atoms with Crippen molar-refractivity contribution in [3.05, 3.63) is 42.6 Å². The van der Waals surface area contributed by atoms with E-state index >= 15 is 0 Å². The molecule has 8 heteroatoms. The fraction of sp³-hybridized carbons (Fsp3) is 0.368. The third-order valence-electron chi connectivity index (χ3n) is 4.13. The minimum Gasteiger partial charge on any atom is -0.310 e. The van der Waals surface area contributed by atoms with E-state index in [0.717, 1.165) is 23.1 Å². The molecule has 27 heavy (non-hydrogen) atoms. The molecular weight excluding hydrogens is 360 g/mol. The lowest BCUT2D eigenvalue weighted by molar-refractivity contribution is -0.115. The average molecular weight is 385 g/mol. The Morgan fingerprint density at radius 1 is 1.15 bits per heavy atom. The first kappa shape index (κ1) is 19.2. The second kappa shape index (κ2) is 8.39. The van der Waals surface area contributed by atoms with E-state index in [0.29, 0.717) is 5.82 Å². The van der Waals surface area contributed by atoms with Crippen molar-refractivity contribution in [1.29, 1.82) is 0 Å². The van der Waals surface area contributed by atoms with Crippen LogP contribution in [-0.4, -0.2) is 35.7 Å². The van der Waals surface area contributed by atoms with Crippen LogP contribution in [0.25, 0.3) is 11.4 Å². The number of aromatic nitrogens is 5. The molecule has 7 nitrogen and oxygen atoms in total. The van der Waals surface area contributed by atoms with Crippen LogP contribution in [0, 0.1) is 0 Å². The molecule has 1 atom stereocenters. The van der Waals surface area contributed by atoms with E-state index in [-0.39, 0.29) is 17.2 Å². The number of hydrogen-bond donors (Lipinski definition) is 1. The van der Waals surface area contributed by atoms with Crippen LogP contribution in [-0.2, 0) is 11.3 Å². The highest BCUT2D eigenvalue weighted by atomic mass is 32.2. The van der Waals surface area contributed by atoms with Crippen LogP contribution in [0.4, 0.5) is 5.82 Å². The predicted octanol–water partition coefficient (Wildman–Crippen LogP) is 3.86. The van der Waals surface area contributed by atoms with E-state index in [1.807, 2.05) is 62.6 Å². The molecule has 0 bridgehead atoms. The first-order valence-electron chi connectivity index (χ1n) is 9.01. The first-order valence-corrected chi connectivity index (χ1v) is 9.88. The molecule has 0 fully saturated rings. The Balaban J connectivity index is 1.74. The summed E-state index contributed by atoms with van der Waals surface area (Å²) in [4.78, 5) is 12.6. The average Bonchev–Trinajstić information content (AvgIpc) is 3.29. The van der Waals surface area contributed by atoms with Gasteiger partial charge in [0.15, 0.2) is 11.0 Å². The highest BCUT2D eigenvalue weighted by Gasteiger charge is 2.21. The second-order valence-corrected chi connectivity index (χ2v) is 7.73. The van der Waals surface area contributed by atoms with Gasteiger partial charge in [-0.25, -0.2) is 4.68 Å². The summed E-state index contributed by atoms with van der Waals surface area (Å²) < 4.78 is 3.82. The number of anilines is 1. The summed E-state index contributed by atoms with van der Waals surface area (Å²) in [5.41, 5.74) is 1.01. The van der Waals surface area contributed by atoms with Gasteiger partial charge < -0.3 is 9.88 Å². The molecule has 0 saturated heterocycles. The van der Waals surface area contributed by atoms with Crippen LogP contribution in [0.2, 0.25) is 0 Å². The summed E-state index contributed by atoms with van der Waals surface area (Å²) in [6, 6.07) is 11.9. The number of amides is 1. The van der Waals surface area contributed by atoms with Crippen LogP contribution >= 0.6 is 11.8 Å². The van der Waals surface area contributed by atoms with Crippen molar-refractivity contribution >= 4 is 23.5 Å². The highest BCUT2D eigenvalue weighted by Crippen LogP contribution is 2.27. The Bertz CT molecular complexity index is 902. The molecule has 0 saturated carbocycles. The van der Waals surface area contributed by atoms with E-state index in [1.54, 1.807) is 16.9 Å². The summed E-state index contributed by atoms with van der Waals surface area (Å²) in [6.07, 6.45) is 1.69. The lowest BCUT2D eigenvalue weighted by Crippen LogP contribution is -2.25. The standard InChI is InChI=1S/C19H24N6OS/c1-5-24-17(15-9-7-6-8-10-15)22-23-19(24)27-14(4)18(26)21-16-11-12-20-25(16)13(2)3/h6-14H,5H2,1-4H3,(H,21,26). The lowest BCUT2D eigenvalue weighted by atomic mass is 10.2. The van der Waals surface area contributed by atoms with Crippen molar-refractivity contribution in [2.75, 3.05) is 5.32 Å². The van der Waals surface area contributed by atoms with Crippen molar-refractivity contribution in [3.63, 3.8) is 0 Å². The molecule has 3 aromatic rings. The zero-order chi connectivity index (χ0) is 19.4. The van der Waals surface area contributed by atoms with E-state index in [1.165, 1.54) is 11.8 Å². The van der Waals surface area contributed by atoms with Crippen molar-refractivity contribution in [2.24, 2.45) is 0 Å². The molecule has 142 valence electrons. The van der Waals surface area contributed by atoms with E-state index in [4.69, 9.17) is 0 Å². The third kappa shape index (κ3) is 4.21. The molecule has 0 aliphatic rings. The van der Waals surface area contributed by atoms with Gasteiger partial charge in [0, 0.05) is 24.2 Å². The van der Waals surface area contributed by atoms with Gasteiger partial charge in [-0.05, 0) is 27.7 Å². The number of hydrogen-bond acceptors (Lipinski definition) is 5.